The van der Waals surface area contributed by atoms with Gasteiger partial charge in [-0.15, -0.1) is 0 Å². The Labute approximate surface area is 252 Å². The van der Waals surface area contributed by atoms with Gasteiger partial charge < -0.3 is 10.1 Å². The molecule has 5 heteroatoms. The van der Waals surface area contributed by atoms with Gasteiger partial charge >= 0.3 is 0 Å². The zero-order valence-electron chi connectivity index (χ0n) is 26.3. The fourth-order valence-electron chi connectivity index (χ4n) is 6.36. The van der Waals surface area contributed by atoms with Crippen molar-refractivity contribution in [2.75, 3.05) is 13.2 Å². The summed E-state index contributed by atoms with van der Waals surface area (Å²) in [5, 5.41) is 7.67. The number of carbonyl (C=O) groups is 2. The van der Waals surface area contributed by atoms with Crippen molar-refractivity contribution in [1.29, 1.82) is 5.41 Å². The van der Waals surface area contributed by atoms with Crippen molar-refractivity contribution in [3.63, 3.8) is 0 Å². The van der Waals surface area contributed by atoms with E-state index in [4.69, 9.17) is 10.1 Å². The van der Waals surface area contributed by atoms with E-state index < -0.39 is 10.8 Å². The van der Waals surface area contributed by atoms with Crippen LogP contribution >= 0.6 is 0 Å². The van der Waals surface area contributed by atoms with E-state index in [0.717, 1.165) is 45.5 Å². The van der Waals surface area contributed by atoms with Crippen molar-refractivity contribution in [2.24, 2.45) is 10.4 Å². The first-order chi connectivity index (χ1) is 20.0. The topological polar surface area (TPSA) is 79.6 Å². The number of aliphatic imine (C=N–C) groups is 1. The first-order valence-electron chi connectivity index (χ1n) is 15.1. The van der Waals surface area contributed by atoms with Gasteiger partial charge in [-0.05, 0) is 94.0 Å². The van der Waals surface area contributed by atoms with E-state index in [1.165, 1.54) is 17.9 Å². The molecule has 2 aliphatic rings. The molecule has 224 valence electrons. The average Bonchev–Trinajstić information content (AvgIpc) is 3.05. The first-order valence-corrected chi connectivity index (χ1v) is 15.1. The number of nitrogens with zero attached hydrogens (tertiary/aromatic N) is 1. The molecule has 2 atom stereocenters. The normalized spacial score (nSPS) is 19.9. The third-order valence-corrected chi connectivity index (χ3v) is 9.03. The van der Waals surface area contributed by atoms with Crippen LogP contribution in [0, 0.1) is 17.7 Å². The molecular formula is C37H48N2O3. The van der Waals surface area contributed by atoms with Crippen LogP contribution in [0.1, 0.15) is 95.2 Å². The van der Waals surface area contributed by atoms with Crippen LogP contribution in [0.3, 0.4) is 0 Å². The number of hydrogen-bond donors (Lipinski definition) is 1. The summed E-state index contributed by atoms with van der Waals surface area (Å²) in [5.41, 5.74) is 7.10. The lowest BCUT2D eigenvalue weighted by Crippen LogP contribution is -2.46. The average molecular weight is 569 g/mol. The second kappa shape index (κ2) is 14.2. The lowest BCUT2D eigenvalue weighted by atomic mass is 9.67. The molecule has 5 nitrogen and oxygen atoms in total. The van der Waals surface area contributed by atoms with Crippen LogP contribution in [0.2, 0.25) is 0 Å². The number of rotatable bonds is 15. The van der Waals surface area contributed by atoms with Crippen molar-refractivity contribution in [3.05, 3.63) is 94.8 Å². The zero-order valence-corrected chi connectivity index (χ0v) is 26.3. The van der Waals surface area contributed by atoms with Crippen LogP contribution in [-0.2, 0) is 19.7 Å². The Balaban J connectivity index is 1.96. The highest BCUT2D eigenvalue weighted by molar-refractivity contribution is 5.99. The molecule has 0 saturated carbocycles. The predicted octanol–water partition coefficient (Wildman–Crippen LogP) is 8.49. The maximum absolute atomic E-state index is 13.7. The largest absolute Gasteiger partial charge is 0.379 e. The quantitative estimate of drug-likeness (QED) is 0.131. The number of benzene rings is 1. The van der Waals surface area contributed by atoms with E-state index >= 15 is 0 Å². The number of nitrogens with one attached hydrogen (secondary N) is 1. The summed E-state index contributed by atoms with van der Waals surface area (Å²) in [6, 6.07) is 6.41. The summed E-state index contributed by atoms with van der Waals surface area (Å²) < 4.78 is 5.28. The molecule has 1 heterocycles. The van der Waals surface area contributed by atoms with Gasteiger partial charge in [-0.25, -0.2) is 0 Å². The minimum Gasteiger partial charge on any atom is -0.379 e. The van der Waals surface area contributed by atoms with Gasteiger partial charge in [-0.2, -0.15) is 0 Å². The molecule has 0 aromatic heterocycles. The number of Topliss-reactive ketones (excluding diaryl/α,β-unsaturated/α-hetero) is 1. The third-order valence-electron chi connectivity index (χ3n) is 9.03. The van der Waals surface area contributed by atoms with E-state index in [9.17, 15) is 9.59 Å². The second-order valence-electron chi connectivity index (χ2n) is 12.3. The Morgan fingerprint density at radius 1 is 1.24 bits per heavy atom. The summed E-state index contributed by atoms with van der Waals surface area (Å²) in [4.78, 5) is 31.2. The molecule has 3 rings (SSSR count). The summed E-state index contributed by atoms with van der Waals surface area (Å²) >= 11 is 0. The van der Waals surface area contributed by atoms with Gasteiger partial charge in [-0.3, -0.25) is 14.6 Å². The molecule has 42 heavy (non-hydrogen) atoms. The van der Waals surface area contributed by atoms with Crippen LogP contribution < -0.4 is 0 Å². The SMILES string of the molecule is C=CC(=O)C(CCC)(CCC(=C)CC(=O)C1(C)COC1)c1ccc(C2C=C(N=CC)C(C)=C(CC=N)CC2=C)cc1C. The van der Waals surface area contributed by atoms with Gasteiger partial charge in [0.15, 0.2) is 5.78 Å². The van der Waals surface area contributed by atoms with Gasteiger partial charge in [0.05, 0.1) is 29.7 Å². The van der Waals surface area contributed by atoms with Gasteiger partial charge in [0, 0.05) is 25.0 Å². The molecule has 1 N–H and O–H groups in total. The number of aryl methyl sites for hydroxylation is 1. The molecule has 1 saturated heterocycles. The number of ether oxygens (including phenoxy) is 1. The zero-order chi connectivity index (χ0) is 31.1. The standard InChI is InChI=1S/C37H48N2O3/c1-9-16-37(34(40)10-2,17-14-25(4)19-35(41)36(8)23-42-24-36)32-13-12-30(21-27(32)6)31-22-33(39-11-3)28(7)29(15-18-38)20-26(31)5/h10-13,18,21-22,31,38H,2,4-5,9,14-17,19-20,23-24H2,1,3,6-8H3. The smallest absolute Gasteiger partial charge is 0.165 e. The summed E-state index contributed by atoms with van der Waals surface area (Å²) in [7, 11) is 0. The Morgan fingerprint density at radius 3 is 2.50 bits per heavy atom. The fourth-order valence-corrected chi connectivity index (χ4v) is 6.36. The van der Waals surface area contributed by atoms with E-state index in [1.807, 2.05) is 13.8 Å². The van der Waals surface area contributed by atoms with E-state index in [2.05, 4.69) is 69.8 Å². The van der Waals surface area contributed by atoms with Gasteiger partial charge in [-0.1, -0.05) is 68.0 Å². The highest BCUT2D eigenvalue weighted by Gasteiger charge is 2.41. The summed E-state index contributed by atoms with van der Waals surface area (Å²) in [6.07, 6.45) is 11.2. The van der Waals surface area contributed by atoms with E-state index in [0.29, 0.717) is 51.7 Å². The molecule has 0 radical (unpaired) electrons. The van der Waals surface area contributed by atoms with Gasteiger partial charge in [0.2, 0.25) is 0 Å². The van der Waals surface area contributed by atoms with Crippen molar-refractivity contribution >= 4 is 24.0 Å². The summed E-state index contributed by atoms with van der Waals surface area (Å²) in [6.45, 7) is 23.6. The van der Waals surface area contributed by atoms with Crippen LogP contribution in [0.5, 0.6) is 0 Å². The minimum absolute atomic E-state index is 0.00753. The van der Waals surface area contributed by atoms with Crippen LogP contribution in [0.25, 0.3) is 0 Å². The maximum atomic E-state index is 13.7. The van der Waals surface area contributed by atoms with E-state index in [1.54, 1.807) is 6.21 Å². The summed E-state index contributed by atoms with van der Waals surface area (Å²) in [5.74, 6) is 0.133. The molecule has 2 unspecified atom stereocenters. The van der Waals surface area contributed by atoms with E-state index in [-0.39, 0.29) is 17.5 Å². The molecule has 0 spiro atoms. The molecule has 0 bridgehead atoms. The Hall–Kier alpha value is -3.44. The van der Waals surface area contributed by atoms with Gasteiger partial charge in [0.25, 0.3) is 0 Å². The lowest BCUT2D eigenvalue weighted by molar-refractivity contribution is -0.154. The number of hydrogen-bond acceptors (Lipinski definition) is 5. The number of ketones is 2. The molecular weight excluding hydrogens is 520 g/mol. The molecule has 0 amide bonds. The highest BCUT2D eigenvalue weighted by atomic mass is 16.5. The molecule has 1 aromatic rings. The van der Waals surface area contributed by atoms with Gasteiger partial charge in [0.1, 0.15) is 5.78 Å². The minimum atomic E-state index is -0.738. The van der Waals surface area contributed by atoms with Crippen LogP contribution in [0.4, 0.5) is 0 Å². The third kappa shape index (κ3) is 6.95. The fraction of sp³-hybridized carbons (Fsp3) is 0.459. The number of allylic oxidation sites excluding steroid dienone is 6. The molecule has 1 fully saturated rings. The molecule has 1 aliphatic heterocycles. The van der Waals surface area contributed by atoms with Crippen molar-refractivity contribution in [1.82, 2.24) is 0 Å². The molecule has 1 aromatic carbocycles. The lowest BCUT2D eigenvalue weighted by Gasteiger charge is -2.37. The monoisotopic (exact) mass is 568 g/mol. The Bertz CT molecular complexity index is 1350. The Morgan fingerprint density at radius 2 is 1.95 bits per heavy atom. The second-order valence-corrected chi connectivity index (χ2v) is 12.3. The maximum Gasteiger partial charge on any atom is 0.165 e. The van der Waals surface area contributed by atoms with Crippen molar-refractivity contribution < 1.29 is 14.3 Å². The van der Waals surface area contributed by atoms with Crippen LogP contribution in [0.15, 0.2) is 83.1 Å². The van der Waals surface area contributed by atoms with Crippen molar-refractivity contribution in [3.8, 4) is 0 Å². The first kappa shape index (κ1) is 33.1. The predicted molar refractivity (Wildman–Crippen MR) is 175 cm³/mol. The molecule has 1 aliphatic carbocycles. The van der Waals surface area contributed by atoms with Crippen LogP contribution in [-0.4, -0.2) is 37.2 Å². The Kier molecular flexibility index (Phi) is 11.1. The number of carbonyl (C=O) groups excluding carboxylic acids is 2. The highest BCUT2D eigenvalue weighted by Crippen LogP contribution is 2.42. The van der Waals surface area contributed by atoms with Crippen molar-refractivity contribution in [2.45, 2.75) is 90.9 Å².